The number of aliphatic carboxylic acids is 1. The van der Waals surface area contributed by atoms with Crippen molar-refractivity contribution in [1.29, 1.82) is 0 Å². The number of nitrogens with one attached hydrogen (secondary N) is 17. The van der Waals surface area contributed by atoms with E-state index in [4.69, 9.17) is 27.1 Å². The number of phenolic OH excluding ortho intramolecular Hbond substituents is 1. The predicted molar refractivity (Wildman–Crippen MR) is 525 cm³/mol. The summed E-state index contributed by atoms with van der Waals surface area (Å²) in [6.45, 7) is 22.5. The number of benzene rings is 2. The normalized spacial score (nSPS) is 17.5. The number of hydrogen-bond acceptors (Lipinski definition) is 26. The van der Waals surface area contributed by atoms with Crippen LogP contribution in [0.3, 0.4) is 0 Å². The van der Waals surface area contributed by atoms with Crippen molar-refractivity contribution >= 4 is 141 Å². The molecule has 49 heteroatoms. The van der Waals surface area contributed by atoms with Crippen molar-refractivity contribution in [2.45, 2.75) is 309 Å². The summed E-state index contributed by atoms with van der Waals surface area (Å²) >= 11 is 0. The Morgan fingerprint density at radius 3 is 1.25 bits per heavy atom. The molecule has 3 aliphatic rings. The third kappa shape index (κ3) is 39.6. The van der Waals surface area contributed by atoms with Crippen LogP contribution >= 0.6 is 0 Å². The molecule has 18 unspecified atom stereocenters. The number of fused-ring (bicyclic) bond motifs is 1. The molecule has 2 aromatic carbocycles. The minimum Gasteiger partial charge on any atom is -0.508 e. The summed E-state index contributed by atoms with van der Waals surface area (Å²) in [7, 11) is 0. The fourth-order valence-corrected chi connectivity index (χ4v) is 16.6. The highest BCUT2D eigenvalue weighted by molar-refractivity contribution is 6.03. The first kappa shape index (κ1) is 121. The highest BCUT2D eigenvalue weighted by Gasteiger charge is 2.48. The van der Waals surface area contributed by atoms with Gasteiger partial charge >= 0.3 is 0 Å². The smallest absolute Gasteiger partial charge is 0.300 e. The minimum atomic E-state index is -1.90. The van der Waals surface area contributed by atoms with Crippen LogP contribution < -0.4 is 102 Å². The number of primary amides is 2. The molecule has 0 bridgehead atoms. The standard InChI is InChI=1S/C94H145N23O24.C2H4O2/c1-46(2)33-61(82(129)100-44-76(124)115-30-19-24-71(115)93(140)117-32-20-25-72(117)94(141)116-31-18-23-70(116)91(138)104-54(14)81(128)108-63(35-48(5)6)84(131)103-53(13)80(127)107-62(34-47(3)4)83(130)101-51(11)78(97)125)109-85(132)64(36-49(7)8)110-87(134)66(38-56-26-28-58(120)29-27-56)106-75(123)43-99-79(126)52(12)102-90(137)69(45-118)113-88(135)68(40-73(96)121)111-86(133)65(37-50(9)10)112-92(139)77(55(15)119)114-89(136)67(105-74(122)41-95)39-57-42-98-60-22-17-16-21-59(57)60;1-2(3)4/h16-17,21-22,26-29,42,46-55,61-72,77,98,118-120H,18-20,23-25,30-41,43-45,95H2,1-15H3,(H2,96,121)(H2,97,125)(H,99,126)(H,100,129)(H,101,130)(H,102,137)(H,103,131)(H,104,138)(H,105,122)(H,106,123)(H,107,127)(H,108,128)(H,109,132)(H,110,134)(H,111,133)(H,112,139)(H,113,135)(H,114,136);1H3,(H,3,4). The second kappa shape index (κ2) is 58.7. The quantitative estimate of drug-likeness (QED) is 0.0251. The van der Waals surface area contributed by atoms with Crippen molar-refractivity contribution in [2.75, 3.05) is 45.9 Å². The van der Waals surface area contributed by atoms with E-state index in [0.29, 0.717) is 30.4 Å². The first-order chi connectivity index (χ1) is 68.0. The number of nitrogens with zero attached hydrogens (tertiary/aromatic N) is 3. The third-order valence-electron chi connectivity index (χ3n) is 24.0. The van der Waals surface area contributed by atoms with Crippen molar-refractivity contribution in [1.82, 2.24) is 105 Å². The maximum Gasteiger partial charge on any atom is 0.300 e. The van der Waals surface area contributed by atoms with Gasteiger partial charge in [-0.2, -0.15) is 0 Å². The lowest BCUT2D eigenvalue weighted by molar-refractivity contribution is -0.150. The van der Waals surface area contributed by atoms with Gasteiger partial charge in [0, 0.05) is 56.5 Å². The largest absolute Gasteiger partial charge is 0.508 e. The lowest BCUT2D eigenvalue weighted by Gasteiger charge is -2.34. The lowest BCUT2D eigenvalue weighted by Crippen LogP contribution is -2.62. The summed E-state index contributed by atoms with van der Waals surface area (Å²) in [5.74, 6) is -20.1. The number of aromatic amines is 1. The van der Waals surface area contributed by atoms with Crippen molar-refractivity contribution in [2.24, 2.45) is 46.8 Å². The maximum atomic E-state index is 14.7. The van der Waals surface area contributed by atoms with E-state index in [1.165, 1.54) is 66.7 Å². The van der Waals surface area contributed by atoms with Crippen LogP contribution in [-0.4, -0.2) is 325 Å². The topological polar surface area (TPSA) is 753 Å². The SMILES string of the molecule is CC(=O)O.CC(C)CC(NC(=O)C(C)NC(=O)C(CC(C)C)NC(=O)C(C)NC(=O)C1CCCN1C(=O)C1CCCN1C(=O)C1CCCN1C(=O)CNC(=O)C(CC(C)C)NC(=O)C(CC(C)C)NC(=O)C(Cc1ccc(O)cc1)NC(=O)CNC(=O)C(C)NC(=O)C(CO)NC(=O)C(CC(N)=O)NC(=O)C(CC(C)C)NC(=O)C(NC(=O)C(Cc1c[nH]c2ccccc12)NC(=O)CN)C(C)O)C(=O)NC(C)C(N)=O. The van der Waals surface area contributed by atoms with E-state index < -0.39 is 271 Å². The molecule has 804 valence electrons. The van der Waals surface area contributed by atoms with E-state index in [-0.39, 0.29) is 119 Å². The zero-order valence-corrected chi connectivity index (χ0v) is 85.2. The summed E-state index contributed by atoms with van der Waals surface area (Å²) in [6.07, 6.45) is 0.728. The average Bonchev–Trinajstić information content (AvgIpc) is 1.64. The van der Waals surface area contributed by atoms with Gasteiger partial charge in [0.1, 0.15) is 108 Å². The molecule has 1 aromatic heterocycles. The molecule has 3 aliphatic heterocycles. The molecule has 3 saturated heterocycles. The summed E-state index contributed by atoms with van der Waals surface area (Å²) in [5.41, 5.74) is 18.1. The molecule has 49 nitrogen and oxygen atoms in total. The van der Waals surface area contributed by atoms with Crippen molar-refractivity contribution in [3.8, 4) is 5.75 Å². The van der Waals surface area contributed by atoms with Crippen LogP contribution in [0.2, 0.25) is 0 Å². The minimum absolute atomic E-state index is 0.0185. The number of aliphatic hydroxyl groups is 2. The van der Waals surface area contributed by atoms with Crippen LogP contribution in [0.15, 0.2) is 54.7 Å². The van der Waals surface area contributed by atoms with E-state index in [1.807, 2.05) is 13.8 Å². The number of amides is 21. The van der Waals surface area contributed by atoms with Crippen LogP contribution in [0, 0.1) is 29.6 Å². The molecule has 18 atom stereocenters. The van der Waals surface area contributed by atoms with Gasteiger partial charge in [0.2, 0.25) is 124 Å². The van der Waals surface area contributed by atoms with Gasteiger partial charge in [0.05, 0.1) is 38.8 Å². The zero-order valence-electron chi connectivity index (χ0n) is 85.2. The second-order valence-electron chi connectivity index (χ2n) is 38.9. The van der Waals surface area contributed by atoms with E-state index in [0.717, 1.165) is 24.8 Å². The molecule has 0 radical (unpaired) electrons. The van der Waals surface area contributed by atoms with Gasteiger partial charge in [0.15, 0.2) is 0 Å². The Labute approximate surface area is 841 Å². The molecule has 3 aromatic rings. The van der Waals surface area contributed by atoms with Crippen LogP contribution in [0.1, 0.15) is 199 Å². The molecular formula is C96H149N23O26. The highest BCUT2D eigenvalue weighted by Crippen LogP contribution is 2.30. The van der Waals surface area contributed by atoms with Gasteiger partial charge in [0.25, 0.3) is 5.97 Å². The number of para-hydroxylation sites is 1. The predicted octanol–water partition coefficient (Wildman–Crippen LogP) is -5.26. The van der Waals surface area contributed by atoms with Gasteiger partial charge in [-0.15, -0.1) is 0 Å². The van der Waals surface area contributed by atoms with Crippen LogP contribution in [0.4, 0.5) is 0 Å². The number of carbonyl (C=O) groups excluding carboxylic acids is 21. The fourth-order valence-electron chi connectivity index (χ4n) is 16.6. The molecule has 0 saturated carbocycles. The lowest BCUT2D eigenvalue weighted by atomic mass is 9.99. The molecule has 4 heterocycles. The molecule has 0 aliphatic carbocycles. The molecule has 21 amide bonds. The Balaban J connectivity index is 0.00000907. The number of H-pyrrole nitrogens is 1. The Morgan fingerprint density at radius 2 is 0.772 bits per heavy atom. The number of carboxylic acid groups (broad SMARTS) is 1. The molecule has 6 rings (SSSR count). The molecule has 3 fully saturated rings. The summed E-state index contributed by atoms with van der Waals surface area (Å²) in [5, 5.41) is 79.6. The number of aromatic nitrogens is 1. The fraction of sp³-hybridized carbons (Fsp3) is 0.625. The monoisotopic (exact) mass is 2040 g/mol. The number of rotatable bonds is 54. The zero-order chi connectivity index (χ0) is 109. The number of phenols is 1. The molecule has 0 spiro atoms. The second-order valence-corrected chi connectivity index (χ2v) is 38.9. The first-order valence-electron chi connectivity index (χ1n) is 48.8. The van der Waals surface area contributed by atoms with E-state index >= 15 is 0 Å². The first-order valence-corrected chi connectivity index (χ1v) is 48.8. The average molecular weight is 2040 g/mol. The Hall–Kier alpha value is -14.0. The highest BCUT2D eigenvalue weighted by atomic mass is 16.4. The molecular weight excluding hydrogens is 1890 g/mol. The Morgan fingerprint density at radius 1 is 0.400 bits per heavy atom. The van der Waals surface area contributed by atoms with Gasteiger partial charge in [-0.25, -0.2) is 0 Å². The van der Waals surface area contributed by atoms with E-state index in [2.05, 4.69) is 90.1 Å². The van der Waals surface area contributed by atoms with Gasteiger partial charge in [-0.05, 0) is 164 Å². The van der Waals surface area contributed by atoms with Gasteiger partial charge in [-0.3, -0.25) is 105 Å². The Bertz CT molecular complexity index is 5040. The number of nitrogens with two attached hydrogens (primary N) is 3. The summed E-state index contributed by atoms with van der Waals surface area (Å²) < 4.78 is 0. The van der Waals surface area contributed by atoms with Gasteiger partial charge < -0.3 is 142 Å². The van der Waals surface area contributed by atoms with Crippen LogP contribution in [0.5, 0.6) is 5.75 Å². The van der Waals surface area contributed by atoms with Crippen molar-refractivity contribution in [3.63, 3.8) is 0 Å². The van der Waals surface area contributed by atoms with E-state index in [1.54, 1.807) is 85.9 Å². The Kier molecular flexibility index (Phi) is 49.2. The van der Waals surface area contributed by atoms with Crippen molar-refractivity contribution in [3.05, 3.63) is 65.9 Å². The summed E-state index contributed by atoms with van der Waals surface area (Å²) in [6, 6.07) is -10.4. The number of hydrogen-bond donors (Lipinski definition) is 24. The number of aromatic hydroxyl groups is 1. The molecule has 145 heavy (non-hydrogen) atoms. The van der Waals surface area contributed by atoms with Crippen LogP contribution in [-0.2, 0) is 118 Å². The third-order valence-corrected chi connectivity index (χ3v) is 24.0. The van der Waals surface area contributed by atoms with Crippen molar-refractivity contribution < 1.29 is 126 Å². The number of carbonyl (C=O) groups is 22. The number of carboxylic acids is 1. The maximum absolute atomic E-state index is 14.7. The molecule has 27 N–H and O–H groups in total. The number of aliphatic hydroxyl groups excluding tert-OH is 2. The van der Waals surface area contributed by atoms with Crippen LogP contribution in [0.25, 0.3) is 10.9 Å². The number of likely N-dealkylation sites (tertiary alicyclic amines) is 3. The van der Waals surface area contributed by atoms with E-state index in [9.17, 15) is 116 Å². The van der Waals surface area contributed by atoms with Gasteiger partial charge in [-0.1, -0.05) is 99.6 Å². The summed E-state index contributed by atoms with van der Waals surface area (Å²) in [4.78, 5) is 305.